The third-order valence-corrected chi connectivity index (χ3v) is 1.68. The van der Waals surface area contributed by atoms with E-state index in [1.165, 1.54) is 0 Å². The molecule has 0 bridgehead atoms. The molecule has 0 aliphatic carbocycles. The fraction of sp³-hybridized carbons (Fsp3) is 0.714. The van der Waals surface area contributed by atoms with Crippen LogP contribution < -0.4 is 5.73 Å². The number of carbonyl (C=O) groups is 1. The SMILES string of the molecule is CCOC1[CH]CN(C(N)=O)C1. The van der Waals surface area contributed by atoms with Crippen LogP contribution in [0.15, 0.2) is 0 Å². The van der Waals surface area contributed by atoms with Crippen LogP contribution in [-0.4, -0.2) is 36.7 Å². The monoisotopic (exact) mass is 157 g/mol. The lowest BCUT2D eigenvalue weighted by molar-refractivity contribution is 0.0889. The molecule has 0 spiro atoms. The van der Waals surface area contributed by atoms with E-state index >= 15 is 0 Å². The van der Waals surface area contributed by atoms with Crippen molar-refractivity contribution >= 4 is 6.03 Å². The zero-order valence-electron chi connectivity index (χ0n) is 6.62. The Morgan fingerprint density at radius 3 is 3.09 bits per heavy atom. The van der Waals surface area contributed by atoms with Gasteiger partial charge in [0.05, 0.1) is 6.10 Å². The molecule has 2 amide bonds. The van der Waals surface area contributed by atoms with Gasteiger partial charge in [-0.25, -0.2) is 4.79 Å². The van der Waals surface area contributed by atoms with Gasteiger partial charge in [-0.2, -0.15) is 0 Å². The molecule has 1 atom stereocenters. The van der Waals surface area contributed by atoms with Crippen LogP contribution in [0.2, 0.25) is 0 Å². The van der Waals surface area contributed by atoms with Gasteiger partial charge < -0.3 is 15.4 Å². The Morgan fingerprint density at radius 1 is 1.91 bits per heavy atom. The lowest BCUT2D eigenvalue weighted by Gasteiger charge is -2.12. The van der Waals surface area contributed by atoms with Crippen LogP contribution in [0.1, 0.15) is 6.92 Å². The number of hydrogen-bond donors (Lipinski definition) is 1. The molecule has 0 saturated carbocycles. The van der Waals surface area contributed by atoms with Crippen LogP contribution in [0.5, 0.6) is 0 Å². The molecule has 1 radical (unpaired) electrons. The number of ether oxygens (including phenoxy) is 1. The molecule has 1 rings (SSSR count). The topological polar surface area (TPSA) is 55.6 Å². The first-order valence-electron chi connectivity index (χ1n) is 3.73. The lowest BCUT2D eigenvalue weighted by Crippen LogP contribution is -2.34. The second-order valence-corrected chi connectivity index (χ2v) is 2.47. The average molecular weight is 157 g/mol. The minimum atomic E-state index is -0.372. The highest BCUT2D eigenvalue weighted by atomic mass is 16.5. The van der Waals surface area contributed by atoms with Crippen LogP contribution in [0, 0.1) is 6.42 Å². The van der Waals surface area contributed by atoms with E-state index < -0.39 is 0 Å². The standard InChI is InChI=1S/C7H13N2O2/c1-2-11-6-3-4-9(5-6)7(8)10/h3,6H,2,4-5H2,1H3,(H2,8,10). The quantitative estimate of drug-likeness (QED) is 0.613. The Hall–Kier alpha value is -0.770. The molecule has 11 heavy (non-hydrogen) atoms. The van der Waals surface area contributed by atoms with Gasteiger partial charge in [0.2, 0.25) is 0 Å². The molecule has 63 valence electrons. The maximum absolute atomic E-state index is 10.6. The van der Waals surface area contributed by atoms with Gasteiger partial charge in [0.25, 0.3) is 0 Å². The number of carbonyl (C=O) groups excluding carboxylic acids is 1. The highest BCUT2D eigenvalue weighted by molar-refractivity contribution is 5.72. The summed E-state index contributed by atoms with van der Waals surface area (Å²) in [5.74, 6) is 0. The van der Waals surface area contributed by atoms with Gasteiger partial charge in [0, 0.05) is 26.1 Å². The summed E-state index contributed by atoms with van der Waals surface area (Å²) in [4.78, 5) is 12.2. The smallest absolute Gasteiger partial charge is 0.314 e. The summed E-state index contributed by atoms with van der Waals surface area (Å²) in [6.07, 6.45) is 2.03. The summed E-state index contributed by atoms with van der Waals surface area (Å²) >= 11 is 0. The number of primary amides is 1. The summed E-state index contributed by atoms with van der Waals surface area (Å²) < 4.78 is 5.28. The van der Waals surface area contributed by atoms with Crippen LogP contribution in [0.4, 0.5) is 4.79 Å². The number of nitrogens with zero attached hydrogens (tertiary/aromatic N) is 1. The molecule has 4 heteroatoms. The summed E-state index contributed by atoms with van der Waals surface area (Å²) in [6, 6.07) is -0.372. The highest BCUT2D eigenvalue weighted by Gasteiger charge is 2.24. The number of rotatable bonds is 2. The van der Waals surface area contributed by atoms with E-state index in [1.807, 2.05) is 13.3 Å². The van der Waals surface area contributed by atoms with Crippen molar-refractivity contribution < 1.29 is 9.53 Å². The Balaban J connectivity index is 2.29. The zero-order valence-corrected chi connectivity index (χ0v) is 6.62. The molecular formula is C7H13N2O2. The first kappa shape index (κ1) is 8.33. The van der Waals surface area contributed by atoms with Crippen molar-refractivity contribution in [3.05, 3.63) is 6.42 Å². The van der Waals surface area contributed by atoms with Crippen LogP contribution in [0.3, 0.4) is 0 Å². The van der Waals surface area contributed by atoms with Gasteiger partial charge >= 0.3 is 6.03 Å². The first-order valence-corrected chi connectivity index (χ1v) is 3.73. The Kier molecular flexibility index (Phi) is 2.70. The molecule has 1 unspecified atom stereocenters. The highest BCUT2D eigenvalue weighted by Crippen LogP contribution is 2.10. The molecule has 0 aromatic heterocycles. The first-order chi connectivity index (χ1) is 5.24. The number of urea groups is 1. The van der Waals surface area contributed by atoms with Gasteiger partial charge in [-0.1, -0.05) is 0 Å². The fourth-order valence-electron chi connectivity index (χ4n) is 1.13. The molecular weight excluding hydrogens is 144 g/mol. The van der Waals surface area contributed by atoms with Crippen molar-refractivity contribution in [1.29, 1.82) is 0 Å². The lowest BCUT2D eigenvalue weighted by atomic mass is 10.3. The van der Waals surface area contributed by atoms with Crippen LogP contribution >= 0.6 is 0 Å². The van der Waals surface area contributed by atoms with Crippen LogP contribution in [0.25, 0.3) is 0 Å². The summed E-state index contributed by atoms with van der Waals surface area (Å²) in [5.41, 5.74) is 5.07. The number of likely N-dealkylation sites (tertiary alicyclic amines) is 1. The molecule has 1 heterocycles. The largest absolute Gasteiger partial charge is 0.376 e. The van der Waals surface area contributed by atoms with Crippen molar-refractivity contribution in [3.8, 4) is 0 Å². The second kappa shape index (κ2) is 3.57. The zero-order chi connectivity index (χ0) is 8.27. The van der Waals surface area contributed by atoms with Crippen LogP contribution in [-0.2, 0) is 4.74 Å². The molecule has 0 aromatic carbocycles. The predicted octanol–water partition coefficient (Wildman–Crippen LogP) is -0.00991. The Labute approximate surface area is 66.3 Å². The van der Waals surface area contributed by atoms with E-state index in [0.717, 1.165) is 0 Å². The minimum Gasteiger partial charge on any atom is -0.376 e. The normalized spacial score (nSPS) is 24.1. The van der Waals surface area contributed by atoms with E-state index in [4.69, 9.17) is 10.5 Å². The van der Waals surface area contributed by atoms with Crippen molar-refractivity contribution in [2.75, 3.05) is 19.7 Å². The van der Waals surface area contributed by atoms with Crippen molar-refractivity contribution in [1.82, 2.24) is 4.90 Å². The summed E-state index contributed by atoms with van der Waals surface area (Å²) in [7, 11) is 0. The van der Waals surface area contributed by atoms with Crippen molar-refractivity contribution in [2.45, 2.75) is 13.0 Å². The Bertz CT molecular complexity index is 149. The molecule has 1 fully saturated rings. The Morgan fingerprint density at radius 2 is 2.64 bits per heavy atom. The van der Waals surface area contributed by atoms with Gasteiger partial charge in [-0.3, -0.25) is 0 Å². The molecule has 2 N–H and O–H groups in total. The van der Waals surface area contributed by atoms with E-state index in [-0.39, 0.29) is 12.1 Å². The fourth-order valence-corrected chi connectivity index (χ4v) is 1.13. The maximum atomic E-state index is 10.6. The number of amides is 2. The molecule has 1 aliphatic rings. The van der Waals surface area contributed by atoms with E-state index in [0.29, 0.717) is 19.7 Å². The predicted molar refractivity (Wildman–Crippen MR) is 40.9 cm³/mol. The average Bonchev–Trinajstić information content (AvgIpc) is 2.37. The van der Waals surface area contributed by atoms with E-state index in [9.17, 15) is 4.79 Å². The van der Waals surface area contributed by atoms with E-state index in [1.54, 1.807) is 4.90 Å². The number of nitrogens with two attached hydrogens (primary N) is 1. The summed E-state index contributed by atoms with van der Waals surface area (Å²) in [5, 5.41) is 0. The summed E-state index contributed by atoms with van der Waals surface area (Å²) in [6.45, 7) is 3.82. The van der Waals surface area contributed by atoms with Gasteiger partial charge in [-0.15, -0.1) is 0 Å². The molecule has 0 aromatic rings. The molecule has 4 nitrogen and oxygen atoms in total. The van der Waals surface area contributed by atoms with Crippen molar-refractivity contribution in [2.24, 2.45) is 5.73 Å². The third-order valence-electron chi connectivity index (χ3n) is 1.68. The minimum absolute atomic E-state index is 0.0764. The maximum Gasteiger partial charge on any atom is 0.314 e. The van der Waals surface area contributed by atoms with Gasteiger partial charge in [-0.05, 0) is 6.92 Å². The van der Waals surface area contributed by atoms with E-state index in [2.05, 4.69) is 0 Å². The third kappa shape index (κ3) is 2.08. The molecule has 1 saturated heterocycles. The van der Waals surface area contributed by atoms with Gasteiger partial charge in [0.1, 0.15) is 0 Å². The molecule has 1 aliphatic heterocycles. The number of hydrogen-bond acceptors (Lipinski definition) is 2. The second-order valence-electron chi connectivity index (χ2n) is 2.47. The van der Waals surface area contributed by atoms with Gasteiger partial charge in [0.15, 0.2) is 0 Å². The van der Waals surface area contributed by atoms with Crippen molar-refractivity contribution in [3.63, 3.8) is 0 Å².